The van der Waals surface area contributed by atoms with Gasteiger partial charge in [0, 0.05) is 11.4 Å². The molecule has 0 saturated carbocycles. The molecule has 0 unspecified atom stereocenters. The molecule has 164 valence electrons. The summed E-state index contributed by atoms with van der Waals surface area (Å²) in [4.78, 5) is 30.7. The zero-order valence-corrected chi connectivity index (χ0v) is 19.4. The summed E-state index contributed by atoms with van der Waals surface area (Å²) < 4.78 is 0. The molecule has 32 heavy (non-hydrogen) atoms. The van der Waals surface area contributed by atoms with Crippen LogP contribution < -0.4 is 9.80 Å². The summed E-state index contributed by atoms with van der Waals surface area (Å²) in [5.41, 5.74) is 6.80. The van der Waals surface area contributed by atoms with Gasteiger partial charge in [0.15, 0.2) is 0 Å². The van der Waals surface area contributed by atoms with Crippen molar-refractivity contribution in [2.45, 2.75) is 46.6 Å². The molecular weight excluding hydrogens is 396 g/mol. The Hall–Kier alpha value is -3.40. The summed E-state index contributed by atoms with van der Waals surface area (Å²) >= 11 is 0. The number of carbonyl (C=O) groups is 2. The Morgan fingerprint density at radius 3 is 2.12 bits per heavy atom. The van der Waals surface area contributed by atoms with E-state index in [-0.39, 0.29) is 18.4 Å². The van der Waals surface area contributed by atoms with Crippen molar-refractivity contribution in [3.05, 3.63) is 94.5 Å². The van der Waals surface area contributed by atoms with Crippen molar-refractivity contribution < 1.29 is 9.59 Å². The van der Waals surface area contributed by atoms with Gasteiger partial charge in [0.2, 0.25) is 5.91 Å². The van der Waals surface area contributed by atoms with Crippen LogP contribution in [0.1, 0.15) is 53.6 Å². The van der Waals surface area contributed by atoms with E-state index in [1.807, 2.05) is 75.4 Å². The minimum absolute atomic E-state index is 0.0237. The smallest absolute Gasteiger partial charge is 0.255 e. The number of rotatable bonds is 4. The van der Waals surface area contributed by atoms with Crippen molar-refractivity contribution in [1.29, 1.82) is 0 Å². The highest BCUT2D eigenvalue weighted by Gasteiger charge is 2.42. The Morgan fingerprint density at radius 1 is 0.844 bits per heavy atom. The predicted octanol–water partition coefficient (Wildman–Crippen LogP) is 5.86. The van der Waals surface area contributed by atoms with Crippen LogP contribution in [0.4, 0.5) is 11.4 Å². The van der Waals surface area contributed by atoms with Gasteiger partial charge in [-0.05, 0) is 67.1 Å². The third kappa shape index (κ3) is 3.93. The highest BCUT2D eigenvalue weighted by atomic mass is 16.2. The van der Waals surface area contributed by atoms with E-state index in [1.54, 1.807) is 9.80 Å². The van der Waals surface area contributed by atoms with Gasteiger partial charge in [-0.1, -0.05) is 67.9 Å². The molecule has 1 fully saturated rings. The minimum atomic E-state index is -0.709. The Kier molecular flexibility index (Phi) is 5.88. The van der Waals surface area contributed by atoms with Crippen LogP contribution in [0.15, 0.2) is 66.7 Å². The maximum absolute atomic E-state index is 13.9. The monoisotopic (exact) mass is 426 g/mol. The van der Waals surface area contributed by atoms with Crippen molar-refractivity contribution in [3.63, 3.8) is 0 Å². The summed E-state index contributed by atoms with van der Waals surface area (Å²) in [5.74, 6) is 0.218. The van der Waals surface area contributed by atoms with Crippen LogP contribution >= 0.6 is 0 Å². The van der Waals surface area contributed by atoms with E-state index in [9.17, 15) is 9.59 Å². The summed E-state index contributed by atoms with van der Waals surface area (Å²) in [6, 6.07) is 21.1. The van der Waals surface area contributed by atoms with E-state index in [4.69, 9.17) is 0 Å². The van der Waals surface area contributed by atoms with Crippen molar-refractivity contribution in [2.75, 3.05) is 16.3 Å². The lowest BCUT2D eigenvalue weighted by Crippen LogP contribution is -2.56. The molecule has 0 radical (unpaired) electrons. The van der Waals surface area contributed by atoms with Crippen molar-refractivity contribution in [2.24, 2.45) is 0 Å². The van der Waals surface area contributed by atoms with Gasteiger partial charge in [-0.15, -0.1) is 0 Å². The van der Waals surface area contributed by atoms with Crippen LogP contribution in [0.3, 0.4) is 0 Å². The van der Waals surface area contributed by atoms with Gasteiger partial charge in [0.25, 0.3) is 5.91 Å². The van der Waals surface area contributed by atoms with Gasteiger partial charge in [-0.2, -0.15) is 0 Å². The summed E-state index contributed by atoms with van der Waals surface area (Å²) in [5, 5.41) is 0. The van der Waals surface area contributed by atoms with Crippen LogP contribution in [-0.2, 0) is 9.59 Å². The van der Waals surface area contributed by atoms with E-state index in [1.165, 1.54) is 5.56 Å². The largest absolute Gasteiger partial charge is 0.301 e. The first-order chi connectivity index (χ1) is 15.3. The molecule has 3 aromatic carbocycles. The number of carbonyl (C=O) groups excluding carboxylic acids is 2. The molecule has 1 aliphatic heterocycles. The van der Waals surface area contributed by atoms with Crippen LogP contribution in [0.25, 0.3) is 0 Å². The molecule has 0 N–H and O–H groups in total. The zero-order valence-electron chi connectivity index (χ0n) is 19.4. The van der Waals surface area contributed by atoms with Crippen LogP contribution in [0, 0.1) is 20.8 Å². The Bertz CT molecular complexity index is 1150. The Labute approximate surface area is 190 Å². The molecule has 1 atom stereocenters. The second kappa shape index (κ2) is 8.62. The lowest BCUT2D eigenvalue weighted by molar-refractivity contribution is -0.128. The van der Waals surface area contributed by atoms with Crippen molar-refractivity contribution in [1.82, 2.24) is 0 Å². The fraction of sp³-hybridized carbons (Fsp3) is 0.286. The molecule has 4 nitrogen and oxygen atoms in total. The zero-order chi connectivity index (χ0) is 23.0. The average molecular weight is 427 g/mol. The maximum Gasteiger partial charge on any atom is 0.255 e. The average Bonchev–Trinajstić information content (AvgIpc) is 2.78. The van der Waals surface area contributed by atoms with E-state index < -0.39 is 6.04 Å². The number of piperazine rings is 1. The molecule has 2 amide bonds. The van der Waals surface area contributed by atoms with E-state index in [0.29, 0.717) is 5.92 Å². The number of hydrogen-bond donors (Lipinski definition) is 0. The number of hydrogen-bond acceptors (Lipinski definition) is 2. The summed E-state index contributed by atoms with van der Waals surface area (Å²) in [6.07, 6.45) is 0. The molecule has 3 aromatic rings. The summed E-state index contributed by atoms with van der Waals surface area (Å²) in [7, 11) is 0. The van der Waals surface area contributed by atoms with E-state index >= 15 is 0 Å². The molecule has 0 spiro atoms. The quantitative estimate of drug-likeness (QED) is 0.524. The highest BCUT2D eigenvalue weighted by Crippen LogP contribution is 2.37. The second-order valence-electron chi connectivity index (χ2n) is 8.97. The number of aryl methyl sites for hydroxylation is 2. The lowest BCUT2D eigenvalue weighted by atomic mass is 9.94. The van der Waals surface area contributed by atoms with Gasteiger partial charge >= 0.3 is 0 Å². The molecule has 0 aromatic heterocycles. The first-order valence-electron chi connectivity index (χ1n) is 11.1. The van der Waals surface area contributed by atoms with E-state index in [0.717, 1.165) is 33.6 Å². The topological polar surface area (TPSA) is 40.6 Å². The Morgan fingerprint density at radius 2 is 1.50 bits per heavy atom. The van der Waals surface area contributed by atoms with E-state index in [2.05, 4.69) is 26.0 Å². The number of benzene rings is 3. The van der Waals surface area contributed by atoms with Gasteiger partial charge in [-0.3, -0.25) is 14.5 Å². The normalized spacial score (nSPS) is 16.8. The standard InChI is InChI=1S/C28H30N2O2/c1-18(2)22-11-13-23(14-12-22)27-28(32)29(24-15-9-19(3)10-16-24)17-26(31)30(27)25-8-6-7-20(4)21(25)5/h6-16,18,27H,17H2,1-5H3/t27-/m0/s1. The number of amides is 2. The third-order valence-electron chi connectivity index (χ3n) is 6.42. The molecule has 4 rings (SSSR count). The van der Waals surface area contributed by atoms with Gasteiger partial charge < -0.3 is 4.90 Å². The third-order valence-corrected chi connectivity index (χ3v) is 6.42. The molecule has 4 heteroatoms. The summed E-state index contributed by atoms with van der Waals surface area (Å²) in [6.45, 7) is 10.4. The van der Waals surface area contributed by atoms with Crippen LogP contribution in [0.2, 0.25) is 0 Å². The molecule has 1 heterocycles. The second-order valence-corrected chi connectivity index (χ2v) is 8.97. The van der Waals surface area contributed by atoms with Crippen LogP contribution in [0.5, 0.6) is 0 Å². The molecule has 1 aliphatic rings. The highest BCUT2D eigenvalue weighted by molar-refractivity contribution is 6.14. The number of nitrogens with zero attached hydrogens (tertiary/aromatic N) is 2. The maximum atomic E-state index is 13.9. The molecule has 0 aliphatic carbocycles. The van der Waals surface area contributed by atoms with Gasteiger partial charge in [-0.25, -0.2) is 0 Å². The lowest BCUT2D eigenvalue weighted by Gasteiger charge is -2.41. The van der Waals surface area contributed by atoms with Gasteiger partial charge in [0.1, 0.15) is 12.6 Å². The fourth-order valence-electron chi connectivity index (χ4n) is 4.26. The first-order valence-corrected chi connectivity index (χ1v) is 11.1. The van der Waals surface area contributed by atoms with Crippen molar-refractivity contribution >= 4 is 23.2 Å². The Balaban J connectivity index is 1.83. The SMILES string of the molecule is Cc1ccc(N2CC(=O)N(c3cccc(C)c3C)[C@@H](c3ccc(C(C)C)cc3)C2=O)cc1. The number of anilines is 2. The van der Waals surface area contributed by atoms with Gasteiger partial charge in [0.05, 0.1) is 0 Å². The molecular formula is C28H30N2O2. The van der Waals surface area contributed by atoms with Crippen molar-refractivity contribution in [3.8, 4) is 0 Å². The first kappa shape index (κ1) is 21.8. The minimum Gasteiger partial charge on any atom is -0.301 e. The fourth-order valence-corrected chi connectivity index (χ4v) is 4.26. The predicted molar refractivity (Wildman–Crippen MR) is 130 cm³/mol. The molecule has 1 saturated heterocycles. The van der Waals surface area contributed by atoms with Crippen LogP contribution in [-0.4, -0.2) is 18.4 Å². The molecule has 0 bridgehead atoms.